The van der Waals surface area contributed by atoms with Crippen LogP contribution in [0.5, 0.6) is 0 Å². The SMILES string of the molecule is CC1=C[C@H]2CC(=O)C[C@H](C)[C@H]2CC1=O. The molecule has 2 nitrogen and oxygen atoms in total. The first-order chi connectivity index (χ1) is 6.58. The van der Waals surface area contributed by atoms with Crippen molar-refractivity contribution in [2.24, 2.45) is 17.8 Å². The van der Waals surface area contributed by atoms with Crippen LogP contribution in [-0.2, 0) is 9.59 Å². The molecule has 1 fully saturated rings. The third kappa shape index (κ3) is 1.54. The van der Waals surface area contributed by atoms with Gasteiger partial charge in [-0.15, -0.1) is 0 Å². The Morgan fingerprint density at radius 3 is 2.64 bits per heavy atom. The highest BCUT2D eigenvalue weighted by Crippen LogP contribution is 2.39. The van der Waals surface area contributed by atoms with Gasteiger partial charge in [0, 0.05) is 19.3 Å². The van der Waals surface area contributed by atoms with E-state index in [1.807, 2.05) is 13.0 Å². The van der Waals surface area contributed by atoms with Crippen LogP contribution in [0.25, 0.3) is 0 Å². The molecule has 0 amide bonds. The van der Waals surface area contributed by atoms with Gasteiger partial charge in [-0.2, -0.15) is 0 Å². The molecule has 0 spiro atoms. The van der Waals surface area contributed by atoms with E-state index >= 15 is 0 Å². The Balaban J connectivity index is 2.26. The van der Waals surface area contributed by atoms with Crippen LogP contribution in [0.4, 0.5) is 0 Å². The molecule has 0 radical (unpaired) electrons. The summed E-state index contributed by atoms with van der Waals surface area (Å²) < 4.78 is 0. The molecular weight excluding hydrogens is 176 g/mol. The fourth-order valence-electron chi connectivity index (χ4n) is 2.75. The van der Waals surface area contributed by atoms with Gasteiger partial charge in [0.05, 0.1) is 0 Å². The van der Waals surface area contributed by atoms with Crippen LogP contribution in [0.2, 0.25) is 0 Å². The Bertz CT molecular complexity index is 314. The summed E-state index contributed by atoms with van der Waals surface area (Å²) in [5, 5.41) is 0. The maximum atomic E-state index is 11.5. The molecule has 1 saturated carbocycles. The monoisotopic (exact) mass is 192 g/mol. The van der Waals surface area contributed by atoms with Gasteiger partial charge in [0.25, 0.3) is 0 Å². The Labute approximate surface area is 84.4 Å². The first-order valence-corrected chi connectivity index (χ1v) is 5.31. The minimum Gasteiger partial charge on any atom is -0.300 e. The van der Waals surface area contributed by atoms with E-state index in [-0.39, 0.29) is 5.78 Å². The Morgan fingerprint density at radius 1 is 1.21 bits per heavy atom. The molecule has 76 valence electrons. The number of fused-ring (bicyclic) bond motifs is 1. The van der Waals surface area contributed by atoms with Crippen LogP contribution < -0.4 is 0 Å². The van der Waals surface area contributed by atoms with Gasteiger partial charge in [0.15, 0.2) is 5.78 Å². The topological polar surface area (TPSA) is 34.1 Å². The predicted molar refractivity (Wildman–Crippen MR) is 53.8 cm³/mol. The Morgan fingerprint density at radius 2 is 1.93 bits per heavy atom. The van der Waals surface area contributed by atoms with Crippen molar-refractivity contribution in [2.45, 2.75) is 33.1 Å². The zero-order chi connectivity index (χ0) is 10.3. The number of hydrogen-bond acceptors (Lipinski definition) is 2. The third-order valence-electron chi connectivity index (χ3n) is 3.62. The summed E-state index contributed by atoms with van der Waals surface area (Å²) in [5.74, 6) is 1.77. The zero-order valence-corrected chi connectivity index (χ0v) is 8.75. The lowest BCUT2D eigenvalue weighted by molar-refractivity contribution is -0.126. The molecule has 0 N–H and O–H groups in total. The largest absolute Gasteiger partial charge is 0.300 e. The van der Waals surface area contributed by atoms with E-state index in [0.29, 0.717) is 42.8 Å². The first kappa shape index (κ1) is 9.63. The van der Waals surface area contributed by atoms with Gasteiger partial charge in [-0.25, -0.2) is 0 Å². The molecule has 2 aliphatic carbocycles. The van der Waals surface area contributed by atoms with Crippen molar-refractivity contribution in [3.8, 4) is 0 Å². The summed E-state index contributed by atoms with van der Waals surface area (Å²) in [6.07, 6.45) is 3.99. The van der Waals surface area contributed by atoms with Crippen LogP contribution in [-0.4, -0.2) is 11.6 Å². The van der Waals surface area contributed by atoms with E-state index in [2.05, 4.69) is 6.92 Å². The van der Waals surface area contributed by atoms with Gasteiger partial charge in [-0.05, 0) is 30.3 Å². The van der Waals surface area contributed by atoms with Crippen LogP contribution in [0, 0.1) is 17.8 Å². The highest BCUT2D eigenvalue weighted by molar-refractivity contribution is 5.96. The summed E-state index contributed by atoms with van der Waals surface area (Å²) in [6, 6.07) is 0. The van der Waals surface area contributed by atoms with Crippen molar-refractivity contribution in [1.82, 2.24) is 0 Å². The smallest absolute Gasteiger partial charge is 0.158 e. The zero-order valence-electron chi connectivity index (χ0n) is 8.75. The van der Waals surface area contributed by atoms with Crippen molar-refractivity contribution < 1.29 is 9.59 Å². The van der Waals surface area contributed by atoms with Crippen LogP contribution in [0.1, 0.15) is 33.1 Å². The van der Waals surface area contributed by atoms with E-state index in [9.17, 15) is 9.59 Å². The van der Waals surface area contributed by atoms with Crippen molar-refractivity contribution in [2.75, 3.05) is 0 Å². The van der Waals surface area contributed by atoms with E-state index in [4.69, 9.17) is 0 Å². The number of carbonyl (C=O) groups excluding carboxylic acids is 2. The molecule has 0 bridgehead atoms. The van der Waals surface area contributed by atoms with Gasteiger partial charge in [-0.1, -0.05) is 13.0 Å². The standard InChI is InChI=1S/C12H16O2/c1-7-4-10(13)5-9-3-8(2)12(14)6-11(7)9/h3,7,9,11H,4-6H2,1-2H3/t7-,9-,11+/m0/s1. The minimum atomic E-state index is 0.271. The number of hydrogen-bond donors (Lipinski definition) is 0. The first-order valence-electron chi connectivity index (χ1n) is 5.31. The Kier molecular flexibility index (Phi) is 2.30. The summed E-state index contributed by atoms with van der Waals surface area (Å²) in [4.78, 5) is 22.9. The second-order valence-electron chi connectivity index (χ2n) is 4.73. The third-order valence-corrected chi connectivity index (χ3v) is 3.62. The molecule has 0 aromatic carbocycles. The van der Waals surface area contributed by atoms with Gasteiger partial charge < -0.3 is 0 Å². The van der Waals surface area contributed by atoms with Crippen LogP contribution >= 0.6 is 0 Å². The lowest BCUT2D eigenvalue weighted by Crippen LogP contribution is -2.35. The summed E-state index contributed by atoms with van der Waals surface area (Å²) in [6.45, 7) is 3.96. The lowest BCUT2D eigenvalue weighted by atomic mass is 9.67. The lowest BCUT2D eigenvalue weighted by Gasteiger charge is -2.36. The maximum Gasteiger partial charge on any atom is 0.158 e. The van der Waals surface area contributed by atoms with Crippen molar-refractivity contribution in [1.29, 1.82) is 0 Å². The summed E-state index contributed by atoms with van der Waals surface area (Å²) in [7, 11) is 0. The molecule has 0 unspecified atom stereocenters. The minimum absolute atomic E-state index is 0.271. The normalized spacial score (nSPS) is 37.9. The highest BCUT2D eigenvalue weighted by Gasteiger charge is 2.37. The van der Waals surface area contributed by atoms with Gasteiger partial charge in [-0.3, -0.25) is 9.59 Å². The predicted octanol–water partition coefficient (Wildman–Crippen LogP) is 2.14. The van der Waals surface area contributed by atoms with Crippen LogP contribution in [0.15, 0.2) is 11.6 Å². The Hall–Kier alpha value is -0.920. The molecule has 14 heavy (non-hydrogen) atoms. The average molecular weight is 192 g/mol. The van der Waals surface area contributed by atoms with E-state index < -0.39 is 0 Å². The molecule has 0 aromatic heterocycles. The number of ketones is 2. The van der Waals surface area contributed by atoms with Crippen molar-refractivity contribution in [3.63, 3.8) is 0 Å². The fourth-order valence-corrected chi connectivity index (χ4v) is 2.75. The quantitative estimate of drug-likeness (QED) is 0.589. The number of allylic oxidation sites excluding steroid dienone is 2. The van der Waals surface area contributed by atoms with E-state index in [1.165, 1.54) is 0 Å². The number of Topliss-reactive ketones (excluding diaryl/α,β-unsaturated/α-hetero) is 2. The molecule has 0 saturated heterocycles. The van der Waals surface area contributed by atoms with Crippen molar-refractivity contribution in [3.05, 3.63) is 11.6 Å². The van der Waals surface area contributed by atoms with E-state index in [1.54, 1.807) is 0 Å². The van der Waals surface area contributed by atoms with Gasteiger partial charge in [0.1, 0.15) is 5.78 Å². The fraction of sp³-hybridized carbons (Fsp3) is 0.667. The highest BCUT2D eigenvalue weighted by atomic mass is 16.1. The number of carbonyl (C=O) groups is 2. The van der Waals surface area contributed by atoms with Crippen LogP contribution in [0.3, 0.4) is 0 Å². The van der Waals surface area contributed by atoms with Gasteiger partial charge >= 0.3 is 0 Å². The number of rotatable bonds is 0. The summed E-state index contributed by atoms with van der Waals surface area (Å²) in [5.41, 5.74) is 0.855. The average Bonchev–Trinajstić information content (AvgIpc) is 2.08. The van der Waals surface area contributed by atoms with E-state index in [0.717, 1.165) is 5.57 Å². The molecule has 0 aliphatic heterocycles. The maximum absolute atomic E-state index is 11.5. The van der Waals surface area contributed by atoms with Crippen molar-refractivity contribution >= 4 is 11.6 Å². The van der Waals surface area contributed by atoms with Gasteiger partial charge in [0.2, 0.25) is 0 Å². The second-order valence-corrected chi connectivity index (χ2v) is 4.73. The molecule has 3 atom stereocenters. The molecule has 2 rings (SSSR count). The molecule has 0 heterocycles. The second kappa shape index (κ2) is 3.34. The molecular formula is C12H16O2. The summed E-state index contributed by atoms with van der Waals surface area (Å²) >= 11 is 0. The molecule has 2 heteroatoms. The molecule has 0 aromatic rings. The molecule has 2 aliphatic rings.